The molecule has 3 aromatic carbocycles. The molecule has 0 amide bonds. The lowest BCUT2D eigenvalue weighted by atomic mass is 10.2. The molecule has 0 spiro atoms. The van der Waals surface area contributed by atoms with Gasteiger partial charge in [-0.3, -0.25) is 5.73 Å². The van der Waals surface area contributed by atoms with E-state index in [4.69, 9.17) is 26.8 Å². The maximum absolute atomic E-state index is 6.51. The summed E-state index contributed by atoms with van der Waals surface area (Å²) in [5.41, 5.74) is 10.4. The van der Waals surface area contributed by atoms with E-state index in [0.29, 0.717) is 11.0 Å². The number of benzene rings is 3. The van der Waals surface area contributed by atoms with Crippen LogP contribution in [0.15, 0.2) is 66.7 Å². The summed E-state index contributed by atoms with van der Waals surface area (Å²) in [7, 11) is 0. The summed E-state index contributed by atoms with van der Waals surface area (Å²) in [6.07, 6.45) is 0. The second-order valence-electron chi connectivity index (χ2n) is 7.00. The highest BCUT2D eigenvalue weighted by atomic mass is 35.5. The zero-order chi connectivity index (χ0) is 20.4. The highest BCUT2D eigenvalue weighted by Crippen LogP contribution is 2.25. The second kappa shape index (κ2) is 8.05. The first kappa shape index (κ1) is 19.2. The Labute approximate surface area is 174 Å². The van der Waals surface area contributed by atoms with Gasteiger partial charge in [0.2, 0.25) is 13.5 Å². The molecule has 4 rings (SSSR count). The molecule has 6 heteroatoms. The minimum absolute atomic E-state index is 0.243. The molecule has 0 saturated carbocycles. The second-order valence-corrected chi connectivity index (χ2v) is 7.41. The molecule has 4 aromatic rings. The van der Waals surface area contributed by atoms with Gasteiger partial charge in [0.15, 0.2) is 5.52 Å². The van der Waals surface area contributed by atoms with Gasteiger partial charge < -0.3 is 9.47 Å². The fourth-order valence-corrected chi connectivity index (χ4v) is 3.60. The Morgan fingerprint density at radius 2 is 1.52 bits per heavy atom. The standard InChI is InChI=1S/C23H22ClN3O2/c1-16-6-3-8-18(12-16)28-14-26-21-11-5-10-20(24)22(21)27(23(26)25)15-29-19-9-4-7-17(2)13-19/h3-13,25H,14-15H2,1-2H3/p+1. The highest BCUT2D eigenvalue weighted by molar-refractivity contribution is 6.34. The van der Waals surface area contributed by atoms with Crippen molar-refractivity contribution in [3.63, 3.8) is 0 Å². The molecule has 29 heavy (non-hydrogen) atoms. The summed E-state index contributed by atoms with van der Waals surface area (Å²) in [5, 5.41) is 0.608. The number of fused-ring (bicyclic) bond motifs is 1. The molecule has 5 nitrogen and oxygen atoms in total. The van der Waals surface area contributed by atoms with Crippen molar-refractivity contribution >= 4 is 28.6 Å². The number of nitrogens with two attached hydrogens (primary N) is 1. The molecule has 0 aliphatic carbocycles. The first-order valence-corrected chi connectivity index (χ1v) is 9.75. The number of rotatable bonds is 6. The number of ether oxygens (including phenoxy) is 2. The van der Waals surface area contributed by atoms with Crippen molar-refractivity contribution in [3.8, 4) is 11.5 Å². The largest absolute Gasteiger partial charge is 0.460 e. The molecule has 1 aromatic heterocycles. The van der Waals surface area contributed by atoms with E-state index in [1.165, 1.54) is 0 Å². The molecule has 0 bridgehead atoms. The summed E-state index contributed by atoms with van der Waals surface area (Å²) < 4.78 is 15.7. The van der Waals surface area contributed by atoms with E-state index in [1.54, 1.807) is 0 Å². The number of hydrogen-bond acceptors (Lipinski definition) is 3. The van der Waals surface area contributed by atoms with Gasteiger partial charge in [-0.05, 0) is 61.4 Å². The van der Waals surface area contributed by atoms with Crippen molar-refractivity contribution in [2.75, 3.05) is 5.73 Å². The molecule has 148 valence electrons. The topological polar surface area (TPSA) is 53.3 Å². The van der Waals surface area contributed by atoms with E-state index in [1.807, 2.05) is 89.7 Å². The van der Waals surface area contributed by atoms with Crippen LogP contribution in [0, 0.1) is 13.8 Å². The van der Waals surface area contributed by atoms with Gasteiger partial charge in [-0.2, -0.15) is 9.13 Å². The number of hydrogen-bond donors (Lipinski definition) is 1. The predicted molar refractivity (Wildman–Crippen MR) is 115 cm³/mol. The van der Waals surface area contributed by atoms with Crippen LogP contribution in [0.2, 0.25) is 5.02 Å². The molecule has 0 aliphatic heterocycles. The molecule has 0 fully saturated rings. The summed E-state index contributed by atoms with van der Waals surface area (Å²) in [4.78, 5) is 0. The van der Waals surface area contributed by atoms with Crippen molar-refractivity contribution < 1.29 is 14.0 Å². The van der Waals surface area contributed by atoms with Crippen LogP contribution in [-0.4, -0.2) is 4.57 Å². The first-order valence-electron chi connectivity index (χ1n) is 9.38. The van der Waals surface area contributed by atoms with Crippen LogP contribution in [-0.2, 0) is 13.5 Å². The molecular weight excluding hydrogens is 386 g/mol. The van der Waals surface area contributed by atoms with E-state index >= 15 is 0 Å². The zero-order valence-electron chi connectivity index (χ0n) is 16.4. The lowest BCUT2D eigenvalue weighted by Gasteiger charge is -2.08. The predicted octanol–water partition coefficient (Wildman–Crippen LogP) is 4.85. The Balaban J connectivity index is 1.66. The number of imidazole rings is 1. The molecule has 0 unspecified atom stereocenters. The average Bonchev–Trinajstić information content (AvgIpc) is 2.97. The maximum Gasteiger partial charge on any atom is 0.361 e. The number of aromatic nitrogens is 2. The summed E-state index contributed by atoms with van der Waals surface area (Å²) in [6, 6.07) is 21.5. The van der Waals surface area contributed by atoms with E-state index in [9.17, 15) is 0 Å². The lowest BCUT2D eigenvalue weighted by Crippen LogP contribution is -2.39. The van der Waals surface area contributed by atoms with E-state index in [2.05, 4.69) is 0 Å². The third-order valence-electron chi connectivity index (χ3n) is 4.78. The molecular formula is C23H23ClN3O2+. The quantitative estimate of drug-likeness (QED) is 0.464. The van der Waals surface area contributed by atoms with Gasteiger partial charge in [0.05, 0.1) is 5.02 Å². The zero-order valence-corrected chi connectivity index (χ0v) is 17.2. The summed E-state index contributed by atoms with van der Waals surface area (Å²) in [5.74, 6) is 2.07. The molecule has 1 heterocycles. The SMILES string of the molecule is Cc1cccc(OCn2c(N)[n+](COc3cccc(C)c3)c3c(Cl)cccc32)c1. The van der Waals surface area contributed by atoms with Gasteiger partial charge in [-0.25, -0.2) is 0 Å². The van der Waals surface area contributed by atoms with Crippen molar-refractivity contribution in [3.05, 3.63) is 82.9 Å². The van der Waals surface area contributed by atoms with Crippen LogP contribution >= 0.6 is 11.6 Å². The first-order chi connectivity index (χ1) is 14.0. The van der Waals surface area contributed by atoms with Crippen LogP contribution in [0.25, 0.3) is 11.0 Å². The Bertz CT molecular complexity index is 1170. The Kier molecular flexibility index (Phi) is 5.32. The van der Waals surface area contributed by atoms with Gasteiger partial charge in [-0.1, -0.05) is 41.9 Å². The van der Waals surface area contributed by atoms with Gasteiger partial charge in [0.1, 0.15) is 17.0 Å². The van der Waals surface area contributed by atoms with E-state index in [-0.39, 0.29) is 13.5 Å². The minimum atomic E-state index is 0.243. The molecule has 0 radical (unpaired) electrons. The van der Waals surface area contributed by atoms with Crippen LogP contribution in [0.1, 0.15) is 11.1 Å². The van der Waals surface area contributed by atoms with Gasteiger partial charge >= 0.3 is 5.95 Å². The van der Waals surface area contributed by atoms with E-state index in [0.717, 1.165) is 33.7 Å². The number of nitrogen functional groups attached to an aromatic ring is 1. The number of anilines is 1. The summed E-state index contributed by atoms with van der Waals surface area (Å²) in [6.45, 7) is 4.57. The monoisotopic (exact) mass is 408 g/mol. The number of para-hydroxylation sites is 1. The summed E-state index contributed by atoms with van der Waals surface area (Å²) >= 11 is 6.51. The minimum Gasteiger partial charge on any atom is -0.460 e. The van der Waals surface area contributed by atoms with Crippen LogP contribution < -0.4 is 19.8 Å². The number of halogens is 1. The van der Waals surface area contributed by atoms with Crippen molar-refractivity contribution in [2.24, 2.45) is 0 Å². The lowest BCUT2D eigenvalue weighted by molar-refractivity contribution is -0.687. The van der Waals surface area contributed by atoms with Gasteiger partial charge in [0.25, 0.3) is 0 Å². The molecule has 2 N–H and O–H groups in total. The molecule has 0 aliphatic rings. The fraction of sp³-hybridized carbons (Fsp3) is 0.174. The van der Waals surface area contributed by atoms with E-state index < -0.39 is 0 Å². The van der Waals surface area contributed by atoms with Crippen molar-refractivity contribution in [1.82, 2.24) is 4.57 Å². The highest BCUT2D eigenvalue weighted by Gasteiger charge is 2.24. The maximum atomic E-state index is 6.51. The van der Waals surface area contributed by atoms with Crippen LogP contribution in [0.3, 0.4) is 0 Å². The van der Waals surface area contributed by atoms with Gasteiger partial charge in [0, 0.05) is 0 Å². The number of nitrogens with zero attached hydrogens (tertiary/aromatic N) is 2. The van der Waals surface area contributed by atoms with Crippen LogP contribution in [0.5, 0.6) is 11.5 Å². The van der Waals surface area contributed by atoms with Crippen LogP contribution in [0.4, 0.5) is 5.95 Å². The average molecular weight is 409 g/mol. The van der Waals surface area contributed by atoms with Gasteiger partial charge in [-0.15, -0.1) is 0 Å². The third kappa shape index (κ3) is 4.00. The van der Waals surface area contributed by atoms with Crippen molar-refractivity contribution in [2.45, 2.75) is 27.3 Å². The van der Waals surface area contributed by atoms with Crippen molar-refractivity contribution in [1.29, 1.82) is 0 Å². The molecule has 0 saturated heterocycles. The smallest absolute Gasteiger partial charge is 0.361 e. The molecule has 0 atom stereocenters. The Hall–Kier alpha value is -3.18. The number of aryl methyl sites for hydroxylation is 2. The normalized spacial score (nSPS) is 11.0. The Morgan fingerprint density at radius 3 is 2.17 bits per heavy atom. The third-order valence-corrected chi connectivity index (χ3v) is 5.08. The fourth-order valence-electron chi connectivity index (χ4n) is 3.33. The Morgan fingerprint density at radius 1 is 0.897 bits per heavy atom.